The summed E-state index contributed by atoms with van der Waals surface area (Å²) in [6, 6.07) is 5.24. The van der Waals surface area contributed by atoms with Gasteiger partial charge in [0.25, 0.3) is 0 Å². The Balaban J connectivity index is 1.97. The molecule has 0 N–H and O–H groups in total. The molecule has 2 rings (SSSR count). The molecule has 0 amide bonds. The summed E-state index contributed by atoms with van der Waals surface area (Å²) in [6.07, 6.45) is -2.16. The van der Waals surface area contributed by atoms with Gasteiger partial charge in [-0.2, -0.15) is 13.9 Å². The number of aromatic nitrogens is 4. The molecule has 0 aliphatic rings. The van der Waals surface area contributed by atoms with Crippen LogP contribution in [0.3, 0.4) is 0 Å². The zero-order valence-corrected chi connectivity index (χ0v) is 11.7. The zero-order valence-electron chi connectivity index (χ0n) is 11.7. The molecular weight excluding hydrogens is 304 g/mol. The van der Waals surface area contributed by atoms with E-state index in [4.69, 9.17) is 0 Å². The van der Waals surface area contributed by atoms with Crippen LogP contribution in [0.25, 0.3) is 11.5 Å². The molecule has 0 bridgehead atoms. The molecule has 0 aromatic carbocycles. The van der Waals surface area contributed by atoms with E-state index >= 15 is 0 Å². The quantitative estimate of drug-likeness (QED) is 0.581. The Morgan fingerprint density at radius 3 is 2.73 bits per heavy atom. The number of hydrogen-bond acceptors (Lipinski definition) is 4. The van der Waals surface area contributed by atoms with Crippen molar-refractivity contribution in [2.45, 2.75) is 25.8 Å². The Morgan fingerprint density at radius 2 is 2.09 bits per heavy atom. The third kappa shape index (κ3) is 4.00. The largest absolute Gasteiger partial charge is 0.373 e. The monoisotopic (exact) mass is 318 g/mol. The lowest BCUT2D eigenvalue weighted by Gasteiger charge is -2.15. The van der Waals surface area contributed by atoms with Gasteiger partial charge >= 0.3 is 12.3 Å². The minimum Gasteiger partial charge on any atom is -0.373 e. The molecule has 9 heteroatoms. The summed E-state index contributed by atoms with van der Waals surface area (Å²) in [5, 5.41) is 4.11. The predicted molar refractivity (Wildman–Crippen MR) is 69.8 cm³/mol. The molecule has 0 aliphatic carbocycles. The molecule has 0 spiro atoms. The second kappa shape index (κ2) is 6.82. The van der Waals surface area contributed by atoms with Gasteiger partial charge in [0.05, 0.1) is 13.2 Å². The van der Waals surface area contributed by atoms with Crippen LogP contribution in [0, 0.1) is 6.92 Å². The molecule has 0 unspecified atom stereocenters. The average molecular weight is 318 g/mol. The van der Waals surface area contributed by atoms with E-state index in [0.717, 1.165) is 0 Å². The highest BCUT2D eigenvalue weighted by Gasteiger charge is 2.40. The van der Waals surface area contributed by atoms with Crippen molar-refractivity contribution in [2.75, 3.05) is 13.2 Å². The van der Waals surface area contributed by atoms with Gasteiger partial charge in [-0.05, 0) is 19.1 Å². The standard InChI is InChI=1S/C13H14F4N4O/c1-9-19-11(10-4-2-3-5-18-10)21(20-9)6-7-22-8-13(16,17)12(14)15/h2-5,12H,6-8H2,1H3. The first-order chi connectivity index (χ1) is 10.4. The predicted octanol–water partition coefficient (Wildman–Crippen LogP) is 2.57. The maximum absolute atomic E-state index is 12.7. The number of aryl methyl sites for hydroxylation is 1. The molecule has 0 atom stereocenters. The van der Waals surface area contributed by atoms with Gasteiger partial charge in [-0.25, -0.2) is 18.4 Å². The Bertz CT molecular complexity index is 603. The topological polar surface area (TPSA) is 52.8 Å². The minimum atomic E-state index is -4.15. The molecule has 0 aliphatic heterocycles. The minimum absolute atomic E-state index is 0.103. The van der Waals surface area contributed by atoms with Crippen molar-refractivity contribution in [2.24, 2.45) is 0 Å². The molecule has 2 aromatic rings. The van der Waals surface area contributed by atoms with Gasteiger partial charge in [-0.3, -0.25) is 4.98 Å². The molecule has 0 fully saturated rings. The fraction of sp³-hybridized carbons (Fsp3) is 0.462. The number of rotatable bonds is 7. The summed E-state index contributed by atoms with van der Waals surface area (Å²) in [5.74, 6) is -3.21. The highest BCUT2D eigenvalue weighted by Crippen LogP contribution is 2.22. The van der Waals surface area contributed by atoms with Gasteiger partial charge in [-0.1, -0.05) is 6.07 Å². The van der Waals surface area contributed by atoms with E-state index in [1.807, 2.05) is 0 Å². The fourth-order valence-electron chi connectivity index (χ4n) is 1.72. The third-order valence-corrected chi connectivity index (χ3v) is 2.73. The van der Waals surface area contributed by atoms with Crippen LogP contribution in [-0.2, 0) is 11.3 Å². The van der Waals surface area contributed by atoms with Gasteiger partial charge in [0.2, 0.25) is 0 Å². The SMILES string of the molecule is Cc1nc(-c2ccccn2)n(CCOCC(F)(F)C(F)F)n1. The highest BCUT2D eigenvalue weighted by atomic mass is 19.3. The lowest BCUT2D eigenvalue weighted by molar-refractivity contribution is -0.166. The number of halogens is 4. The molecular formula is C13H14F4N4O. The highest BCUT2D eigenvalue weighted by molar-refractivity contribution is 5.48. The number of ether oxygens (including phenoxy) is 1. The van der Waals surface area contributed by atoms with E-state index in [0.29, 0.717) is 17.3 Å². The van der Waals surface area contributed by atoms with Gasteiger partial charge in [0, 0.05) is 6.20 Å². The van der Waals surface area contributed by atoms with E-state index < -0.39 is 19.0 Å². The fourth-order valence-corrected chi connectivity index (χ4v) is 1.72. The van der Waals surface area contributed by atoms with Crippen molar-refractivity contribution in [3.63, 3.8) is 0 Å². The van der Waals surface area contributed by atoms with Gasteiger partial charge < -0.3 is 4.74 Å². The van der Waals surface area contributed by atoms with Crippen molar-refractivity contribution >= 4 is 0 Å². The van der Waals surface area contributed by atoms with Crippen LogP contribution in [0.4, 0.5) is 17.6 Å². The maximum Gasteiger partial charge on any atom is 0.330 e. The van der Waals surface area contributed by atoms with E-state index in [9.17, 15) is 17.6 Å². The van der Waals surface area contributed by atoms with E-state index in [-0.39, 0.29) is 13.2 Å². The first-order valence-electron chi connectivity index (χ1n) is 6.47. The Morgan fingerprint density at radius 1 is 1.32 bits per heavy atom. The number of pyridine rings is 1. The van der Waals surface area contributed by atoms with Gasteiger partial charge in [0.1, 0.15) is 18.1 Å². The number of alkyl halides is 4. The molecule has 5 nitrogen and oxygen atoms in total. The molecule has 0 saturated heterocycles. The summed E-state index contributed by atoms with van der Waals surface area (Å²) in [5.41, 5.74) is 0.570. The molecule has 22 heavy (non-hydrogen) atoms. The van der Waals surface area contributed by atoms with Crippen LogP contribution < -0.4 is 0 Å². The first-order valence-corrected chi connectivity index (χ1v) is 6.47. The molecule has 2 aromatic heterocycles. The average Bonchev–Trinajstić information content (AvgIpc) is 2.85. The van der Waals surface area contributed by atoms with Crippen molar-refractivity contribution in [3.8, 4) is 11.5 Å². The first kappa shape index (κ1) is 16.3. The van der Waals surface area contributed by atoms with Gasteiger partial charge in [-0.15, -0.1) is 0 Å². The number of nitrogens with zero attached hydrogens (tertiary/aromatic N) is 4. The van der Waals surface area contributed by atoms with Crippen LogP contribution in [0.2, 0.25) is 0 Å². The molecule has 120 valence electrons. The van der Waals surface area contributed by atoms with Crippen molar-refractivity contribution < 1.29 is 22.3 Å². The van der Waals surface area contributed by atoms with E-state index in [2.05, 4.69) is 19.8 Å². The smallest absolute Gasteiger partial charge is 0.330 e. The van der Waals surface area contributed by atoms with Crippen LogP contribution in [-0.4, -0.2) is 45.3 Å². The van der Waals surface area contributed by atoms with Crippen molar-refractivity contribution in [1.29, 1.82) is 0 Å². The lowest BCUT2D eigenvalue weighted by atomic mass is 10.3. The van der Waals surface area contributed by atoms with Crippen LogP contribution in [0.15, 0.2) is 24.4 Å². The summed E-state index contributed by atoms with van der Waals surface area (Å²) >= 11 is 0. The van der Waals surface area contributed by atoms with Gasteiger partial charge in [0.15, 0.2) is 5.82 Å². The summed E-state index contributed by atoms with van der Waals surface area (Å²) < 4.78 is 55.4. The van der Waals surface area contributed by atoms with E-state index in [1.54, 1.807) is 31.3 Å². The van der Waals surface area contributed by atoms with Crippen molar-refractivity contribution in [1.82, 2.24) is 19.7 Å². The second-order valence-electron chi connectivity index (χ2n) is 4.54. The summed E-state index contributed by atoms with van der Waals surface area (Å²) in [4.78, 5) is 8.33. The molecule has 0 radical (unpaired) electrons. The maximum atomic E-state index is 12.7. The Labute approximate surface area is 124 Å². The van der Waals surface area contributed by atoms with Crippen molar-refractivity contribution in [3.05, 3.63) is 30.2 Å². The Kier molecular flexibility index (Phi) is 5.07. The normalized spacial score (nSPS) is 12.1. The number of hydrogen-bond donors (Lipinski definition) is 0. The summed E-state index contributed by atoms with van der Waals surface area (Å²) in [6.45, 7) is 0.253. The zero-order chi connectivity index (χ0) is 16.2. The lowest BCUT2D eigenvalue weighted by Crippen LogP contribution is -2.32. The second-order valence-corrected chi connectivity index (χ2v) is 4.54. The molecule has 0 saturated carbocycles. The molecule has 2 heterocycles. The summed E-state index contributed by atoms with van der Waals surface area (Å²) in [7, 11) is 0. The third-order valence-electron chi connectivity index (χ3n) is 2.73. The van der Waals surface area contributed by atoms with Crippen LogP contribution in [0.5, 0.6) is 0 Å². The van der Waals surface area contributed by atoms with Crippen LogP contribution >= 0.6 is 0 Å². The van der Waals surface area contributed by atoms with Crippen LogP contribution in [0.1, 0.15) is 5.82 Å². The Hall–Kier alpha value is -2.03. The van der Waals surface area contributed by atoms with E-state index in [1.165, 1.54) is 4.68 Å².